The summed E-state index contributed by atoms with van der Waals surface area (Å²) in [5, 5.41) is 4.42. The highest BCUT2D eigenvalue weighted by Crippen LogP contribution is 2.24. The highest BCUT2D eigenvalue weighted by Gasteiger charge is 2.19. The van der Waals surface area contributed by atoms with E-state index in [9.17, 15) is 4.79 Å². The summed E-state index contributed by atoms with van der Waals surface area (Å²) < 4.78 is 3.68. The minimum atomic E-state index is -0.0810. The average Bonchev–Trinajstić information content (AvgIpc) is 3.30. The van der Waals surface area contributed by atoms with Gasteiger partial charge in [-0.15, -0.1) is 0 Å². The van der Waals surface area contributed by atoms with Crippen molar-refractivity contribution < 1.29 is 0 Å². The van der Waals surface area contributed by atoms with Gasteiger partial charge in [-0.2, -0.15) is 9.61 Å². The Kier molecular flexibility index (Phi) is 3.60. The molecule has 7 heteroatoms. The number of hydrogen-bond donors (Lipinski definition) is 1. The summed E-state index contributed by atoms with van der Waals surface area (Å²) in [6, 6.07) is 11.8. The van der Waals surface area contributed by atoms with Crippen molar-refractivity contribution in [1.82, 2.24) is 24.1 Å². The number of aryl methyl sites for hydroxylation is 1. The molecule has 0 saturated heterocycles. The van der Waals surface area contributed by atoms with Crippen molar-refractivity contribution in [3.63, 3.8) is 0 Å². The molecule has 0 spiro atoms. The Bertz CT molecular complexity index is 1230. The predicted molar refractivity (Wildman–Crippen MR) is 106 cm³/mol. The second-order valence-corrected chi connectivity index (χ2v) is 6.73. The first kappa shape index (κ1) is 15.9. The summed E-state index contributed by atoms with van der Waals surface area (Å²) in [6.07, 6.45) is 5.58. The van der Waals surface area contributed by atoms with Gasteiger partial charge < -0.3 is 9.88 Å². The Balaban J connectivity index is 1.52. The fourth-order valence-electron chi connectivity index (χ4n) is 3.76. The summed E-state index contributed by atoms with van der Waals surface area (Å²) in [5.41, 5.74) is 4.67. The number of aromatic nitrogens is 5. The quantitative estimate of drug-likeness (QED) is 0.610. The van der Waals surface area contributed by atoms with Gasteiger partial charge in [0.25, 0.3) is 0 Å². The lowest BCUT2D eigenvalue weighted by Crippen LogP contribution is -2.32. The lowest BCUT2D eigenvalue weighted by molar-refractivity contribution is 0.756. The highest BCUT2D eigenvalue weighted by atomic mass is 16.1. The summed E-state index contributed by atoms with van der Waals surface area (Å²) in [4.78, 5) is 22.3. The van der Waals surface area contributed by atoms with E-state index in [1.54, 1.807) is 10.8 Å². The SMILES string of the molecule is CCc1cc(N2CC=C(n3c(=O)[nH]c4ccccc43)CC2)n2nccc2n1. The first-order valence-corrected chi connectivity index (χ1v) is 9.22. The minimum Gasteiger partial charge on any atom is -0.352 e. The highest BCUT2D eigenvalue weighted by molar-refractivity contribution is 5.79. The number of anilines is 1. The van der Waals surface area contributed by atoms with Crippen LogP contribution in [0.3, 0.4) is 0 Å². The molecule has 1 aliphatic heterocycles. The standard InChI is InChI=1S/C20H20N6O/c1-2-14-13-19(26-18(22-14)7-10-21-26)24-11-8-15(9-12-24)25-17-6-4-3-5-16(17)23-20(25)27/h3-8,10,13H,2,9,11-12H2,1H3,(H,23,27). The Morgan fingerprint density at radius 2 is 2.11 bits per heavy atom. The number of aromatic amines is 1. The molecule has 3 aromatic heterocycles. The maximum atomic E-state index is 12.4. The molecule has 0 fully saturated rings. The number of fused-ring (bicyclic) bond motifs is 2. The van der Waals surface area contributed by atoms with Gasteiger partial charge >= 0.3 is 5.69 Å². The monoisotopic (exact) mass is 360 g/mol. The zero-order valence-corrected chi connectivity index (χ0v) is 15.1. The molecule has 0 aliphatic carbocycles. The smallest absolute Gasteiger partial charge is 0.330 e. The van der Waals surface area contributed by atoms with Crippen LogP contribution in [0.4, 0.5) is 5.82 Å². The van der Waals surface area contributed by atoms with Crippen molar-refractivity contribution in [1.29, 1.82) is 0 Å². The predicted octanol–water partition coefficient (Wildman–Crippen LogP) is 2.69. The number of imidazole rings is 1. The van der Waals surface area contributed by atoms with E-state index in [2.05, 4.69) is 39.0 Å². The Labute approximate surface area is 155 Å². The summed E-state index contributed by atoms with van der Waals surface area (Å²) in [7, 11) is 0. The summed E-state index contributed by atoms with van der Waals surface area (Å²) in [6.45, 7) is 3.65. The van der Waals surface area contributed by atoms with Gasteiger partial charge in [0, 0.05) is 43.0 Å². The molecular formula is C20H20N6O. The maximum Gasteiger partial charge on any atom is 0.330 e. The second-order valence-electron chi connectivity index (χ2n) is 6.73. The maximum absolute atomic E-state index is 12.4. The van der Waals surface area contributed by atoms with Crippen LogP contribution in [0.25, 0.3) is 22.4 Å². The second kappa shape index (κ2) is 6.12. The third kappa shape index (κ3) is 2.54. The number of H-pyrrole nitrogens is 1. The van der Waals surface area contributed by atoms with Gasteiger partial charge in [0.1, 0.15) is 5.82 Å². The van der Waals surface area contributed by atoms with Crippen LogP contribution in [0, 0.1) is 0 Å². The van der Waals surface area contributed by atoms with Crippen LogP contribution in [0.5, 0.6) is 0 Å². The van der Waals surface area contributed by atoms with Crippen molar-refractivity contribution >= 4 is 28.2 Å². The molecule has 0 radical (unpaired) electrons. The van der Waals surface area contributed by atoms with Gasteiger partial charge in [0.15, 0.2) is 5.65 Å². The molecule has 5 rings (SSSR count). The Hall–Kier alpha value is -3.35. The van der Waals surface area contributed by atoms with E-state index in [1.807, 2.05) is 34.8 Å². The van der Waals surface area contributed by atoms with E-state index in [-0.39, 0.29) is 5.69 Å². The van der Waals surface area contributed by atoms with Gasteiger partial charge in [-0.25, -0.2) is 9.78 Å². The van der Waals surface area contributed by atoms with Crippen LogP contribution in [-0.4, -0.2) is 37.2 Å². The summed E-state index contributed by atoms with van der Waals surface area (Å²) in [5.74, 6) is 1.04. The van der Waals surface area contributed by atoms with Crippen LogP contribution in [0.15, 0.2) is 53.5 Å². The third-order valence-electron chi connectivity index (χ3n) is 5.14. The van der Waals surface area contributed by atoms with Crippen molar-refractivity contribution in [2.75, 3.05) is 18.0 Å². The van der Waals surface area contributed by atoms with Crippen molar-refractivity contribution in [3.05, 3.63) is 64.8 Å². The van der Waals surface area contributed by atoms with E-state index < -0.39 is 0 Å². The molecule has 27 heavy (non-hydrogen) atoms. The largest absolute Gasteiger partial charge is 0.352 e. The molecule has 0 atom stereocenters. The van der Waals surface area contributed by atoms with Crippen LogP contribution in [0.1, 0.15) is 19.0 Å². The molecule has 0 saturated carbocycles. The molecular weight excluding hydrogens is 340 g/mol. The van der Waals surface area contributed by atoms with E-state index in [4.69, 9.17) is 0 Å². The van der Waals surface area contributed by atoms with E-state index in [1.165, 1.54) is 0 Å². The number of rotatable bonds is 3. The lowest BCUT2D eigenvalue weighted by Gasteiger charge is -2.29. The van der Waals surface area contributed by atoms with Crippen molar-refractivity contribution in [2.45, 2.75) is 19.8 Å². The van der Waals surface area contributed by atoms with Crippen LogP contribution in [0.2, 0.25) is 0 Å². The molecule has 1 aliphatic rings. The van der Waals surface area contributed by atoms with Gasteiger partial charge in [0.05, 0.1) is 17.2 Å². The number of hydrogen-bond acceptors (Lipinski definition) is 4. The molecule has 1 N–H and O–H groups in total. The average molecular weight is 360 g/mol. The zero-order chi connectivity index (χ0) is 18.4. The minimum absolute atomic E-state index is 0.0810. The van der Waals surface area contributed by atoms with Gasteiger partial charge in [-0.3, -0.25) is 4.57 Å². The number of benzene rings is 1. The molecule has 4 heterocycles. The Morgan fingerprint density at radius 3 is 2.93 bits per heavy atom. The topological polar surface area (TPSA) is 71.2 Å². The lowest BCUT2D eigenvalue weighted by atomic mass is 10.2. The number of para-hydroxylation sites is 2. The number of nitrogens with zero attached hydrogens (tertiary/aromatic N) is 5. The van der Waals surface area contributed by atoms with Gasteiger partial charge in [-0.05, 0) is 24.6 Å². The van der Waals surface area contributed by atoms with Crippen molar-refractivity contribution in [2.24, 2.45) is 0 Å². The normalized spacial score (nSPS) is 14.9. The first-order chi connectivity index (χ1) is 13.2. The first-order valence-electron chi connectivity index (χ1n) is 9.22. The van der Waals surface area contributed by atoms with Crippen LogP contribution in [-0.2, 0) is 6.42 Å². The van der Waals surface area contributed by atoms with E-state index in [0.29, 0.717) is 0 Å². The molecule has 0 bridgehead atoms. The van der Waals surface area contributed by atoms with Crippen LogP contribution < -0.4 is 10.6 Å². The third-order valence-corrected chi connectivity index (χ3v) is 5.14. The Morgan fingerprint density at radius 1 is 1.22 bits per heavy atom. The molecule has 0 amide bonds. The van der Waals surface area contributed by atoms with Gasteiger partial charge in [-0.1, -0.05) is 19.1 Å². The summed E-state index contributed by atoms with van der Waals surface area (Å²) >= 11 is 0. The molecule has 4 aromatic rings. The molecule has 136 valence electrons. The fourth-order valence-corrected chi connectivity index (χ4v) is 3.76. The van der Waals surface area contributed by atoms with Crippen LogP contribution >= 0.6 is 0 Å². The fraction of sp³-hybridized carbons (Fsp3) is 0.250. The van der Waals surface area contributed by atoms with E-state index in [0.717, 1.165) is 59.8 Å². The van der Waals surface area contributed by atoms with Crippen molar-refractivity contribution in [3.8, 4) is 0 Å². The van der Waals surface area contributed by atoms with Gasteiger partial charge in [0.2, 0.25) is 0 Å². The van der Waals surface area contributed by atoms with E-state index >= 15 is 0 Å². The zero-order valence-electron chi connectivity index (χ0n) is 15.1. The number of nitrogens with one attached hydrogen (secondary N) is 1. The molecule has 0 unspecified atom stereocenters. The molecule has 1 aromatic carbocycles. The molecule has 7 nitrogen and oxygen atoms in total.